The van der Waals surface area contributed by atoms with Crippen molar-refractivity contribution in [3.63, 3.8) is 0 Å². The summed E-state index contributed by atoms with van der Waals surface area (Å²) >= 11 is 5.05. The van der Waals surface area contributed by atoms with E-state index in [9.17, 15) is 4.79 Å². The first kappa shape index (κ1) is 25.3. The van der Waals surface area contributed by atoms with Gasteiger partial charge in [0.15, 0.2) is 0 Å². The van der Waals surface area contributed by atoms with Crippen LogP contribution >= 0.6 is 27.7 Å². The summed E-state index contributed by atoms with van der Waals surface area (Å²) < 4.78 is 14.3. The molecule has 0 spiro atoms. The maximum Gasteiger partial charge on any atom is 0.338 e. The third-order valence-corrected chi connectivity index (χ3v) is 7.01. The normalized spacial score (nSPS) is 14.9. The van der Waals surface area contributed by atoms with Gasteiger partial charge in [0.2, 0.25) is 11.1 Å². The van der Waals surface area contributed by atoms with Gasteiger partial charge in [0.25, 0.3) is 0 Å². The van der Waals surface area contributed by atoms with E-state index in [4.69, 9.17) is 14.6 Å². The van der Waals surface area contributed by atoms with Crippen LogP contribution in [-0.2, 0) is 16.1 Å². The van der Waals surface area contributed by atoms with E-state index >= 15 is 0 Å². The van der Waals surface area contributed by atoms with Crippen LogP contribution in [0.25, 0.3) is 0 Å². The molecule has 2 aromatic carbocycles. The van der Waals surface area contributed by atoms with E-state index in [0.29, 0.717) is 29.9 Å². The number of nitrogens with one attached hydrogen (secondary N) is 1. The van der Waals surface area contributed by atoms with Crippen molar-refractivity contribution in [2.75, 3.05) is 17.7 Å². The number of hydrogen-bond acceptors (Lipinski definition) is 7. The van der Waals surface area contributed by atoms with Crippen molar-refractivity contribution in [3.05, 3.63) is 75.4 Å². The van der Waals surface area contributed by atoms with Crippen LogP contribution in [0.1, 0.15) is 50.8 Å². The van der Waals surface area contributed by atoms with E-state index in [-0.39, 0.29) is 5.97 Å². The predicted molar refractivity (Wildman–Crippen MR) is 142 cm³/mol. The maximum atomic E-state index is 13.1. The molecule has 35 heavy (non-hydrogen) atoms. The second kappa shape index (κ2) is 11.8. The van der Waals surface area contributed by atoms with E-state index in [1.54, 1.807) is 16.4 Å². The van der Waals surface area contributed by atoms with Crippen LogP contribution in [0.4, 0.5) is 5.95 Å². The van der Waals surface area contributed by atoms with Gasteiger partial charge in [-0.2, -0.15) is 4.98 Å². The first-order chi connectivity index (χ1) is 17.0. The van der Waals surface area contributed by atoms with Crippen molar-refractivity contribution in [2.45, 2.75) is 51.4 Å². The predicted octanol–water partition coefficient (Wildman–Crippen LogP) is 6.36. The Morgan fingerprint density at radius 3 is 2.54 bits per heavy atom. The number of halogens is 1. The molecule has 1 N–H and O–H groups in total. The van der Waals surface area contributed by atoms with E-state index in [1.165, 1.54) is 0 Å². The van der Waals surface area contributed by atoms with Crippen LogP contribution in [-0.4, -0.2) is 33.1 Å². The highest BCUT2D eigenvalue weighted by Gasteiger charge is 2.35. The van der Waals surface area contributed by atoms with Gasteiger partial charge in [-0.05, 0) is 55.2 Å². The van der Waals surface area contributed by atoms with Gasteiger partial charge in [-0.25, -0.2) is 9.48 Å². The molecule has 0 amide bonds. The maximum absolute atomic E-state index is 13.1. The van der Waals surface area contributed by atoms with Crippen molar-refractivity contribution in [1.29, 1.82) is 0 Å². The molecule has 2 heterocycles. The topological polar surface area (TPSA) is 78.3 Å². The van der Waals surface area contributed by atoms with Crippen LogP contribution in [0.3, 0.4) is 0 Å². The summed E-state index contributed by atoms with van der Waals surface area (Å²) in [6.45, 7) is 6.82. The first-order valence-corrected chi connectivity index (χ1v) is 13.5. The van der Waals surface area contributed by atoms with E-state index in [2.05, 4.69) is 33.2 Å². The summed E-state index contributed by atoms with van der Waals surface area (Å²) in [5, 5.41) is 8.66. The lowest BCUT2D eigenvalue weighted by Gasteiger charge is -2.28. The molecule has 0 radical (unpaired) electrons. The molecule has 0 saturated carbocycles. The molecule has 1 atom stereocenters. The number of allylic oxidation sites excluding steroid dienone is 1. The zero-order chi connectivity index (χ0) is 24.8. The molecule has 0 aliphatic carbocycles. The Morgan fingerprint density at radius 1 is 1.11 bits per heavy atom. The van der Waals surface area contributed by atoms with Crippen LogP contribution in [0.5, 0.6) is 5.75 Å². The Labute approximate surface area is 218 Å². The highest BCUT2D eigenvalue weighted by molar-refractivity contribution is 9.10. The second-order valence-corrected chi connectivity index (χ2v) is 10.2. The number of ether oxygens (including phenoxy) is 2. The zero-order valence-corrected chi connectivity index (χ0v) is 22.5. The fourth-order valence-corrected chi connectivity index (χ4v) is 4.67. The second-order valence-electron chi connectivity index (χ2n) is 8.20. The number of thioether (sulfide) groups is 1. The first-order valence-electron chi connectivity index (χ1n) is 11.7. The van der Waals surface area contributed by atoms with E-state index in [0.717, 1.165) is 45.6 Å². The molecule has 1 aliphatic heterocycles. The van der Waals surface area contributed by atoms with Gasteiger partial charge in [0.05, 0.1) is 12.2 Å². The quantitative estimate of drug-likeness (QED) is 0.230. The lowest BCUT2D eigenvalue weighted by molar-refractivity contribution is -0.139. The van der Waals surface area contributed by atoms with Gasteiger partial charge in [-0.3, -0.25) is 0 Å². The summed E-state index contributed by atoms with van der Waals surface area (Å²) in [5.41, 5.74) is 3.24. The fourth-order valence-electron chi connectivity index (χ4n) is 3.72. The lowest BCUT2D eigenvalue weighted by atomic mass is 9.96. The number of carbonyl (C=O) groups excluding carboxylic acids is 1. The van der Waals surface area contributed by atoms with Gasteiger partial charge in [-0.1, -0.05) is 65.8 Å². The fraction of sp³-hybridized carbons (Fsp3) is 0.346. The minimum absolute atomic E-state index is 0.346. The summed E-state index contributed by atoms with van der Waals surface area (Å²) in [5.74, 6) is 1.95. The lowest BCUT2D eigenvalue weighted by Crippen LogP contribution is -2.29. The van der Waals surface area contributed by atoms with Crippen molar-refractivity contribution in [2.24, 2.45) is 0 Å². The molecule has 9 heteroatoms. The number of fused-ring (bicyclic) bond motifs is 1. The molecule has 1 aliphatic rings. The summed E-state index contributed by atoms with van der Waals surface area (Å²) in [7, 11) is 0. The smallest absolute Gasteiger partial charge is 0.338 e. The number of benzene rings is 2. The molecule has 7 nitrogen and oxygen atoms in total. The Morgan fingerprint density at radius 2 is 1.86 bits per heavy atom. The summed E-state index contributed by atoms with van der Waals surface area (Å²) in [4.78, 5) is 17.7. The van der Waals surface area contributed by atoms with Crippen molar-refractivity contribution in [1.82, 2.24) is 14.8 Å². The SMILES string of the molecule is CCCOC(=O)C1=C(C)Nc2nc(SCCC)nn2C1c1ccc(OCc2ccc(Br)cc2)cc1. The number of nitrogens with zero attached hydrogens (tertiary/aromatic N) is 3. The number of esters is 1. The third-order valence-electron chi connectivity index (χ3n) is 5.44. The average molecular weight is 558 g/mol. The number of aromatic nitrogens is 3. The van der Waals surface area contributed by atoms with E-state index < -0.39 is 6.04 Å². The minimum atomic E-state index is -0.445. The van der Waals surface area contributed by atoms with Gasteiger partial charge in [0.1, 0.15) is 18.4 Å². The van der Waals surface area contributed by atoms with Crippen LogP contribution < -0.4 is 10.1 Å². The number of rotatable bonds is 10. The summed E-state index contributed by atoms with van der Waals surface area (Å²) in [6, 6.07) is 15.4. The monoisotopic (exact) mass is 556 g/mol. The highest BCUT2D eigenvalue weighted by Crippen LogP contribution is 2.37. The van der Waals surface area contributed by atoms with Gasteiger partial charge >= 0.3 is 5.97 Å². The largest absolute Gasteiger partial charge is 0.489 e. The number of carbonyl (C=O) groups is 1. The molecule has 3 aromatic rings. The van der Waals surface area contributed by atoms with Gasteiger partial charge in [0, 0.05) is 15.9 Å². The van der Waals surface area contributed by atoms with Crippen LogP contribution in [0.2, 0.25) is 0 Å². The zero-order valence-electron chi connectivity index (χ0n) is 20.1. The Hall–Kier alpha value is -2.78. The standard InChI is InChI=1S/C26H29BrN4O3S/c1-4-14-33-24(32)22-17(3)28-25-29-26(35-15-5-2)30-31(25)23(22)19-8-12-21(13-9-19)34-16-18-6-10-20(27)11-7-18/h6-13,23H,4-5,14-16H2,1-3H3,(H,28,29,30). The van der Waals surface area contributed by atoms with E-state index in [1.807, 2.05) is 62.4 Å². The molecule has 1 unspecified atom stereocenters. The Balaban J connectivity index is 1.61. The molecule has 0 fully saturated rings. The molecule has 4 rings (SSSR count). The minimum Gasteiger partial charge on any atom is -0.489 e. The highest BCUT2D eigenvalue weighted by atomic mass is 79.9. The average Bonchev–Trinajstić information content (AvgIpc) is 3.27. The molecule has 1 aromatic heterocycles. The summed E-state index contributed by atoms with van der Waals surface area (Å²) in [6.07, 6.45) is 1.78. The molecule has 184 valence electrons. The Kier molecular flexibility index (Phi) is 8.51. The molecule has 0 saturated heterocycles. The van der Waals surface area contributed by atoms with Crippen molar-refractivity contribution in [3.8, 4) is 5.75 Å². The molecular formula is C26H29BrN4O3S. The molecule has 0 bridgehead atoms. The van der Waals surface area contributed by atoms with Crippen molar-refractivity contribution >= 4 is 39.6 Å². The van der Waals surface area contributed by atoms with Gasteiger partial charge in [-0.15, -0.1) is 5.10 Å². The number of anilines is 1. The van der Waals surface area contributed by atoms with Crippen LogP contribution in [0, 0.1) is 0 Å². The number of hydrogen-bond donors (Lipinski definition) is 1. The third kappa shape index (κ3) is 6.08. The van der Waals surface area contributed by atoms with Gasteiger partial charge < -0.3 is 14.8 Å². The molecular weight excluding hydrogens is 528 g/mol. The van der Waals surface area contributed by atoms with Crippen molar-refractivity contribution < 1.29 is 14.3 Å². The Bertz CT molecular complexity index is 1190. The van der Waals surface area contributed by atoms with Crippen LogP contribution in [0.15, 0.2) is 69.4 Å².